The number of aromatic hydroxyl groups is 1. The van der Waals surface area contributed by atoms with Crippen molar-refractivity contribution in [3.05, 3.63) is 28.8 Å². The molecule has 4 heteroatoms. The van der Waals surface area contributed by atoms with Crippen LogP contribution in [0.2, 0.25) is 5.02 Å². The molecule has 78 valence electrons. The number of phenolic OH excluding ortho intramolecular Hbond substituents is 1. The molecule has 1 rings (SSSR count). The minimum Gasteiger partial charge on any atom is -0.506 e. The first-order valence-corrected chi connectivity index (χ1v) is 6.18. The number of rotatable bonds is 5. The van der Waals surface area contributed by atoms with Gasteiger partial charge in [0.25, 0.3) is 0 Å². The van der Waals surface area contributed by atoms with Crippen LogP contribution in [0.4, 0.5) is 0 Å². The Hall–Kier alpha value is -0.380. The van der Waals surface area contributed by atoms with Gasteiger partial charge in [0, 0.05) is 18.8 Å². The molecule has 1 aromatic carbocycles. The molecule has 1 aromatic rings. The zero-order valence-electron chi connectivity index (χ0n) is 8.09. The van der Waals surface area contributed by atoms with E-state index in [9.17, 15) is 5.11 Å². The van der Waals surface area contributed by atoms with Crippen LogP contribution in [-0.4, -0.2) is 23.7 Å². The Balaban J connectivity index is 2.39. The van der Waals surface area contributed by atoms with Crippen LogP contribution in [0.5, 0.6) is 5.75 Å². The molecule has 2 N–H and O–H groups in total. The summed E-state index contributed by atoms with van der Waals surface area (Å²) in [6.07, 6.45) is 2.08. The summed E-state index contributed by atoms with van der Waals surface area (Å²) in [5, 5.41) is 12.9. The molecule has 14 heavy (non-hydrogen) atoms. The van der Waals surface area contributed by atoms with E-state index in [4.69, 9.17) is 11.6 Å². The number of hydrogen-bond donors (Lipinski definition) is 2. The fraction of sp³-hybridized carbons (Fsp3) is 0.400. The van der Waals surface area contributed by atoms with Gasteiger partial charge in [0.2, 0.25) is 0 Å². The lowest BCUT2D eigenvalue weighted by molar-refractivity contribution is 0.475. The van der Waals surface area contributed by atoms with Crippen molar-refractivity contribution in [1.82, 2.24) is 5.32 Å². The summed E-state index contributed by atoms with van der Waals surface area (Å²) in [6.45, 7) is 1.78. The Morgan fingerprint density at radius 1 is 1.50 bits per heavy atom. The Labute approximate surface area is 93.7 Å². The van der Waals surface area contributed by atoms with Crippen molar-refractivity contribution in [3.63, 3.8) is 0 Å². The molecule has 0 aliphatic heterocycles. The Morgan fingerprint density at radius 3 is 2.93 bits per heavy atom. The Bertz CT molecular complexity index is 293. The summed E-state index contributed by atoms with van der Waals surface area (Å²) >= 11 is 7.59. The van der Waals surface area contributed by atoms with Gasteiger partial charge < -0.3 is 10.4 Å². The van der Waals surface area contributed by atoms with Gasteiger partial charge in [-0.3, -0.25) is 0 Å². The highest BCUT2D eigenvalue weighted by Crippen LogP contribution is 2.23. The van der Waals surface area contributed by atoms with E-state index in [1.165, 1.54) is 0 Å². The topological polar surface area (TPSA) is 32.3 Å². The standard InChI is InChI=1S/C10H14ClNOS/c1-14-5-4-12-7-8-2-3-10(13)9(11)6-8/h2-3,6,12-13H,4-5,7H2,1H3. The first-order valence-electron chi connectivity index (χ1n) is 4.41. The summed E-state index contributed by atoms with van der Waals surface area (Å²) in [7, 11) is 0. The molecule has 0 fully saturated rings. The average Bonchev–Trinajstić information content (AvgIpc) is 2.18. The number of halogens is 1. The van der Waals surface area contributed by atoms with Crippen molar-refractivity contribution in [3.8, 4) is 5.75 Å². The molecule has 0 heterocycles. The van der Waals surface area contributed by atoms with Gasteiger partial charge in [-0.1, -0.05) is 17.7 Å². The van der Waals surface area contributed by atoms with Crippen LogP contribution >= 0.6 is 23.4 Å². The van der Waals surface area contributed by atoms with Gasteiger partial charge in [-0.25, -0.2) is 0 Å². The van der Waals surface area contributed by atoms with Gasteiger partial charge in [-0.15, -0.1) is 0 Å². The van der Waals surface area contributed by atoms with Crippen molar-refractivity contribution < 1.29 is 5.11 Å². The van der Waals surface area contributed by atoms with E-state index in [-0.39, 0.29) is 5.75 Å². The van der Waals surface area contributed by atoms with Crippen LogP contribution < -0.4 is 5.32 Å². The average molecular weight is 232 g/mol. The molecule has 0 spiro atoms. The van der Waals surface area contributed by atoms with Crippen molar-refractivity contribution in [2.45, 2.75) is 6.54 Å². The van der Waals surface area contributed by atoms with Crippen LogP contribution in [-0.2, 0) is 6.54 Å². The van der Waals surface area contributed by atoms with Gasteiger partial charge in [0.1, 0.15) is 5.75 Å². The minimum atomic E-state index is 0.138. The highest BCUT2D eigenvalue weighted by atomic mass is 35.5. The third-order valence-corrected chi connectivity index (χ3v) is 2.74. The van der Waals surface area contributed by atoms with Crippen LogP contribution in [0.3, 0.4) is 0 Å². The van der Waals surface area contributed by atoms with Crippen LogP contribution in [0, 0.1) is 0 Å². The van der Waals surface area contributed by atoms with Gasteiger partial charge in [0.05, 0.1) is 5.02 Å². The maximum absolute atomic E-state index is 9.20. The second-order valence-corrected chi connectivity index (χ2v) is 4.35. The highest BCUT2D eigenvalue weighted by Gasteiger charge is 1.99. The molecule has 0 saturated carbocycles. The molecule has 0 saturated heterocycles. The molecule has 0 amide bonds. The number of phenols is 1. The van der Waals surface area contributed by atoms with E-state index in [2.05, 4.69) is 11.6 Å². The van der Waals surface area contributed by atoms with E-state index in [1.54, 1.807) is 12.1 Å². The second-order valence-electron chi connectivity index (χ2n) is 2.96. The molecule has 0 aliphatic rings. The lowest BCUT2D eigenvalue weighted by atomic mass is 10.2. The first-order chi connectivity index (χ1) is 6.74. The summed E-state index contributed by atoms with van der Waals surface area (Å²) in [5.74, 6) is 1.24. The third kappa shape index (κ3) is 3.78. The lowest BCUT2D eigenvalue weighted by Crippen LogP contribution is -2.16. The maximum atomic E-state index is 9.20. The molecule has 2 nitrogen and oxygen atoms in total. The number of hydrogen-bond acceptors (Lipinski definition) is 3. The predicted octanol–water partition coefficient (Wildman–Crippen LogP) is 2.50. The van der Waals surface area contributed by atoms with Gasteiger partial charge in [-0.05, 0) is 24.0 Å². The molecule has 0 aliphatic carbocycles. The van der Waals surface area contributed by atoms with Crippen molar-refractivity contribution >= 4 is 23.4 Å². The zero-order chi connectivity index (χ0) is 10.4. The van der Waals surface area contributed by atoms with Crippen LogP contribution in [0.25, 0.3) is 0 Å². The Kier molecular flexibility index (Phi) is 5.15. The van der Waals surface area contributed by atoms with Gasteiger partial charge in [-0.2, -0.15) is 11.8 Å². The van der Waals surface area contributed by atoms with E-state index in [1.807, 2.05) is 17.8 Å². The SMILES string of the molecule is CSCCNCc1ccc(O)c(Cl)c1. The van der Waals surface area contributed by atoms with E-state index < -0.39 is 0 Å². The van der Waals surface area contributed by atoms with Crippen molar-refractivity contribution in [2.75, 3.05) is 18.6 Å². The monoisotopic (exact) mass is 231 g/mol. The van der Waals surface area contributed by atoms with Crippen LogP contribution in [0.1, 0.15) is 5.56 Å². The molecule has 0 bridgehead atoms. The number of thioether (sulfide) groups is 1. The second kappa shape index (κ2) is 6.17. The normalized spacial score (nSPS) is 10.4. The Morgan fingerprint density at radius 2 is 2.29 bits per heavy atom. The number of benzene rings is 1. The highest BCUT2D eigenvalue weighted by molar-refractivity contribution is 7.98. The molecule has 0 radical (unpaired) electrons. The first kappa shape index (κ1) is 11.7. The van der Waals surface area contributed by atoms with E-state index >= 15 is 0 Å². The molecule has 0 unspecified atom stereocenters. The van der Waals surface area contributed by atoms with Crippen molar-refractivity contribution in [2.24, 2.45) is 0 Å². The lowest BCUT2D eigenvalue weighted by Gasteiger charge is -2.04. The molecule has 0 aromatic heterocycles. The van der Waals surface area contributed by atoms with Gasteiger partial charge in [0.15, 0.2) is 0 Å². The fourth-order valence-corrected chi connectivity index (χ4v) is 1.62. The van der Waals surface area contributed by atoms with Crippen molar-refractivity contribution in [1.29, 1.82) is 0 Å². The number of nitrogens with one attached hydrogen (secondary N) is 1. The summed E-state index contributed by atoms with van der Waals surface area (Å²) in [6, 6.07) is 5.27. The van der Waals surface area contributed by atoms with E-state index in [0.717, 1.165) is 24.4 Å². The van der Waals surface area contributed by atoms with Gasteiger partial charge >= 0.3 is 0 Å². The fourth-order valence-electron chi connectivity index (χ4n) is 1.07. The minimum absolute atomic E-state index is 0.138. The predicted molar refractivity (Wildman–Crippen MR) is 63.2 cm³/mol. The quantitative estimate of drug-likeness (QED) is 0.764. The summed E-state index contributed by atoms with van der Waals surface area (Å²) < 4.78 is 0. The largest absolute Gasteiger partial charge is 0.506 e. The smallest absolute Gasteiger partial charge is 0.134 e. The van der Waals surface area contributed by atoms with Crippen LogP contribution in [0.15, 0.2) is 18.2 Å². The third-order valence-electron chi connectivity index (χ3n) is 1.82. The summed E-state index contributed by atoms with van der Waals surface area (Å²) in [5.41, 5.74) is 1.09. The molecular weight excluding hydrogens is 218 g/mol. The zero-order valence-corrected chi connectivity index (χ0v) is 9.66. The summed E-state index contributed by atoms with van der Waals surface area (Å²) in [4.78, 5) is 0. The van der Waals surface area contributed by atoms with E-state index in [0.29, 0.717) is 5.02 Å². The maximum Gasteiger partial charge on any atom is 0.134 e. The molecule has 0 atom stereocenters. The molecular formula is C10H14ClNOS.